The van der Waals surface area contributed by atoms with E-state index in [-0.39, 0.29) is 0 Å². The Morgan fingerprint density at radius 2 is 1.94 bits per heavy atom. The predicted octanol–water partition coefficient (Wildman–Crippen LogP) is 5.47. The van der Waals surface area contributed by atoms with Crippen molar-refractivity contribution in [1.82, 2.24) is 5.32 Å². The molecule has 1 rings (SSSR count). The Morgan fingerprint density at radius 1 is 1.22 bits per heavy atom. The van der Waals surface area contributed by atoms with Crippen LogP contribution in [0.4, 0.5) is 0 Å². The van der Waals surface area contributed by atoms with Gasteiger partial charge in [-0.1, -0.05) is 62.4 Å². The highest BCUT2D eigenvalue weighted by molar-refractivity contribution is 6.35. The van der Waals surface area contributed by atoms with Crippen molar-refractivity contribution in [2.45, 2.75) is 45.6 Å². The van der Waals surface area contributed by atoms with Gasteiger partial charge in [0.05, 0.1) is 0 Å². The molecule has 0 heterocycles. The van der Waals surface area contributed by atoms with Gasteiger partial charge in [-0.25, -0.2) is 0 Å². The van der Waals surface area contributed by atoms with E-state index >= 15 is 0 Å². The maximum atomic E-state index is 6.31. The molecule has 2 atom stereocenters. The predicted molar refractivity (Wildman–Crippen MR) is 81.6 cm³/mol. The summed E-state index contributed by atoms with van der Waals surface area (Å²) in [5, 5.41) is 4.87. The Kier molecular flexibility index (Phi) is 7.06. The highest BCUT2D eigenvalue weighted by Crippen LogP contribution is 2.34. The maximum Gasteiger partial charge on any atom is 0.0468 e. The van der Waals surface area contributed by atoms with Crippen LogP contribution in [0.2, 0.25) is 10.0 Å². The Labute approximate surface area is 121 Å². The monoisotopic (exact) mass is 287 g/mol. The zero-order valence-electron chi connectivity index (χ0n) is 11.5. The third kappa shape index (κ3) is 4.15. The van der Waals surface area contributed by atoms with Gasteiger partial charge in [-0.15, -0.1) is 0 Å². The quantitative estimate of drug-likeness (QED) is 0.701. The fourth-order valence-electron chi connectivity index (χ4n) is 2.47. The molecule has 102 valence electrons. The van der Waals surface area contributed by atoms with E-state index in [1.54, 1.807) is 0 Å². The minimum atomic E-state index is 0.311. The lowest BCUT2D eigenvalue weighted by molar-refractivity contribution is 0.339. The Bertz CT molecular complexity index is 366. The molecule has 1 aromatic carbocycles. The Morgan fingerprint density at radius 3 is 2.44 bits per heavy atom. The lowest BCUT2D eigenvalue weighted by Gasteiger charge is -2.27. The third-order valence-electron chi connectivity index (χ3n) is 3.53. The number of benzene rings is 1. The van der Waals surface area contributed by atoms with E-state index in [0.717, 1.165) is 17.0 Å². The smallest absolute Gasteiger partial charge is 0.0468 e. The van der Waals surface area contributed by atoms with Crippen LogP contribution in [0.3, 0.4) is 0 Å². The van der Waals surface area contributed by atoms with E-state index in [2.05, 4.69) is 19.2 Å². The van der Waals surface area contributed by atoms with E-state index in [4.69, 9.17) is 23.2 Å². The summed E-state index contributed by atoms with van der Waals surface area (Å²) in [4.78, 5) is 0. The first-order chi connectivity index (χ1) is 8.63. The van der Waals surface area contributed by atoms with Crippen molar-refractivity contribution >= 4 is 23.2 Å². The van der Waals surface area contributed by atoms with Crippen molar-refractivity contribution in [3.05, 3.63) is 33.8 Å². The van der Waals surface area contributed by atoms with Gasteiger partial charge in [0.1, 0.15) is 0 Å². The van der Waals surface area contributed by atoms with Crippen molar-refractivity contribution in [3.63, 3.8) is 0 Å². The molecule has 18 heavy (non-hydrogen) atoms. The standard InChI is InChI=1S/C15H23Cl2N/c1-4-6-7-11(5-2)15(18-3)13-9-8-12(16)10-14(13)17/h8-11,15,18H,4-7H2,1-3H3. The van der Waals surface area contributed by atoms with Crippen LogP contribution in [0, 0.1) is 5.92 Å². The van der Waals surface area contributed by atoms with Crippen LogP contribution in [-0.4, -0.2) is 7.05 Å². The first-order valence-corrected chi connectivity index (χ1v) is 7.51. The van der Waals surface area contributed by atoms with E-state index in [9.17, 15) is 0 Å². The van der Waals surface area contributed by atoms with Crippen LogP contribution in [-0.2, 0) is 0 Å². The summed E-state index contributed by atoms with van der Waals surface area (Å²) in [7, 11) is 2.00. The number of hydrogen-bond acceptors (Lipinski definition) is 1. The van der Waals surface area contributed by atoms with Crippen LogP contribution < -0.4 is 5.32 Å². The molecule has 0 amide bonds. The zero-order valence-corrected chi connectivity index (χ0v) is 13.0. The minimum Gasteiger partial charge on any atom is -0.313 e. The molecule has 0 spiro atoms. The molecule has 0 aromatic heterocycles. The molecule has 1 N–H and O–H groups in total. The van der Waals surface area contributed by atoms with E-state index in [1.165, 1.54) is 19.3 Å². The molecule has 0 saturated carbocycles. The number of halogens is 2. The lowest BCUT2D eigenvalue weighted by Crippen LogP contribution is -2.25. The normalized spacial score (nSPS) is 14.5. The molecule has 2 unspecified atom stereocenters. The number of rotatable bonds is 7. The molecule has 0 bridgehead atoms. The summed E-state index contributed by atoms with van der Waals surface area (Å²) in [5.74, 6) is 0.619. The molecule has 0 aliphatic rings. The topological polar surface area (TPSA) is 12.0 Å². The van der Waals surface area contributed by atoms with Gasteiger partial charge < -0.3 is 5.32 Å². The fraction of sp³-hybridized carbons (Fsp3) is 0.600. The third-order valence-corrected chi connectivity index (χ3v) is 4.10. The molecular weight excluding hydrogens is 265 g/mol. The highest BCUT2D eigenvalue weighted by atomic mass is 35.5. The number of hydrogen-bond donors (Lipinski definition) is 1. The summed E-state index contributed by atoms with van der Waals surface area (Å²) in [6.45, 7) is 4.48. The van der Waals surface area contributed by atoms with Gasteiger partial charge in [0.25, 0.3) is 0 Å². The largest absolute Gasteiger partial charge is 0.313 e. The number of unbranched alkanes of at least 4 members (excludes halogenated alkanes) is 1. The van der Waals surface area contributed by atoms with Gasteiger partial charge in [0.2, 0.25) is 0 Å². The highest BCUT2D eigenvalue weighted by Gasteiger charge is 2.21. The van der Waals surface area contributed by atoms with Crippen molar-refractivity contribution in [2.24, 2.45) is 5.92 Å². The summed E-state index contributed by atoms with van der Waals surface area (Å²) in [5.41, 5.74) is 1.16. The average Bonchev–Trinajstić information content (AvgIpc) is 2.36. The summed E-state index contributed by atoms with van der Waals surface area (Å²) in [6, 6.07) is 6.10. The van der Waals surface area contributed by atoms with Gasteiger partial charge in [-0.3, -0.25) is 0 Å². The SMILES string of the molecule is CCCCC(CC)C(NC)c1ccc(Cl)cc1Cl. The lowest BCUT2D eigenvalue weighted by atomic mass is 9.87. The molecule has 0 aliphatic carbocycles. The Hall–Kier alpha value is -0.240. The van der Waals surface area contributed by atoms with Crippen molar-refractivity contribution in [3.8, 4) is 0 Å². The second-order valence-corrected chi connectivity index (χ2v) is 5.59. The minimum absolute atomic E-state index is 0.311. The van der Waals surface area contributed by atoms with Crippen LogP contribution in [0.25, 0.3) is 0 Å². The molecule has 1 nitrogen and oxygen atoms in total. The Balaban J connectivity index is 2.92. The van der Waals surface area contributed by atoms with Gasteiger partial charge in [-0.05, 0) is 37.1 Å². The van der Waals surface area contributed by atoms with Crippen molar-refractivity contribution < 1.29 is 0 Å². The molecule has 0 aliphatic heterocycles. The molecular formula is C15H23Cl2N. The molecule has 1 aromatic rings. The fourth-order valence-corrected chi connectivity index (χ4v) is 3.00. The molecule has 0 radical (unpaired) electrons. The van der Waals surface area contributed by atoms with Crippen LogP contribution >= 0.6 is 23.2 Å². The van der Waals surface area contributed by atoms with Crippen LogP contribution in [0.15, 0.2) is 18.2 Å². The molecule has 0 fully saturated rings. The maximum absolute atomic E-state index is 6.31. The van der Waals surface area contributed by atoms with Crippen molar-refractivity contribution in [1.29, 1.82) is 0 Å². The van der Waals surface area contributed by atoms with Gasteiger partial charge >= 0.3 is 0 Å². The second-order valence-electron chi connectivity index (χ2n) is 4.74. The number of nitrogens with one attached hydrogen (secondary N) is 1. The van der Waals surface area contributed by atoms with Gasteiger partial charge in [0.15, 0.2) is 0 Å². The molecule has 3 heteroatoms. The van der Waals surface area contributed by atoms with Gasteiger partial charge in [0, 0.05) is 16.1 Å². The van der Waals surface area contributed by atoms with Gasteiger partial charge in [-0.2, -0.15) is 0 Å². The first kappa shape index (κ1) is 15.8. The summed E-state index contributed by atoms with van der Waals surface area (Å²) >= 11 is 12.3. The summed E-state index contributed by atoms with van der Waals surface area (Å²) < 4.78 is 0. The molecule has 0 saturated heterocycles. The van der Waals surface area contributed by atoms with E-state index < -0.39 is 0 Å². The zero-order chi connectivity index (χ0) is 13.5. The van der Waals surface area contributed by atoms with Crippen LogP contribution in [0.5, 0.6) is 0 Å². The van der Waals surface area contributed by atoms with Crippen LogP contribution in [0.1, 0.15) is 51.1 Å². The first-order valence-electron chi connectivity index (χ1n) is 6.76. The average molecular weight is 288 g/mol. The summed E-state index contributed by atoms with van der Waals surface area (Å²) in [6.07, 6.45) is 4.89. The second kappa shape index (κ2) is 8.04. The van der Waals surface area contributed by atoms with E-state index in [0.29, 0.717) is 17.0 Å². The van der Waals surface area contributed by atoms with E-state index in [1.807, 2.05) is 25.2 Å². The van der Waals surface area contributed by atoms with Crippen molar-refractivity contribution in [2.75, 3.05) is 7.05 Å².